The Labute approximate surface area is 154 Å². The Hall–Kier alpha value is -2.57. The Morgan fingerprint density at radius 2 is 1.88 bits per heavy atom. The van der Waals surface area contributed by atoms with E-state index in [0.29, 0.717) is 17.8 Å². The third-order valence-electron chi connectivity index (χ3n) is 4.04. The Bertz CT molecular complexity index is 716. The van der Waals surface area contributed by atoms with Crippen molar-refractivity contribution in [3.05, 3.63) is 53.6 Å². The summed E-state index contributed by atoms with van der Waals surface area (Å²) in [5, 5.41) is 23.5. The van der Waals surface area contributed by atoms with Crippen LogP contribution in [0.25, 0.3) is 0 Å². The van der Waals surface area contributed by atoms with Crippen LogP contribution in [0.1, 0.15) is 24.2 Å². The Morgan fingerprint density at radius 3 is 2.54 bits per heavy atom. The van der Waals surface area contributed by atoms with Crippen molar-refractivity contribution < 1.29 is 19.7 Å². The molecule has 0 saturated carbocycles. The van der Waals surface area contributed by atoms with E-state index in [2.05, 4.69) is 17.2 Å². The van der Waals surface area contributed by atoms with Crippen LogP contribution in [0.2, 0.25) is 0 Å². The van der Waals surface area contributed by atoms with Gasteiger partial charge in [0, 0.05) is 12.6 Å². The maximum Gasteiger partial charge on any atom is 0.174 e. The standard InChI is InChI=1S/C20H26N2O4/c1-14(10-15-4-7-17(26-3)8-5-15)21-12-20(24)16-6-9-19(23)18(11-16)22-13-25-2/h4-9,11,13-14,20-21,23-24H,10,12H2,1-3H3. The van der Waals surface area contributed by atoms with Crippen molar-refractivity contribution in [2.75, 3.05) is 20.8 Å². The van der Waals surface area contributed by atoms with E-state index in [1.54, 1.807) is 19.2 Å². The first-order valence-corrected chi connectivity index (χ1v) is 8.46. The highest BCUT2D eigenvalue weighted by Gasteiger charge is 2.12. The summed E-state index contributed by atoms with van der Waals surface area (Å²) in [6.45, 7) is 2.47. The van der Waals surface area contributed by atoms with Crippen LogP contribution in [0, 0.1) is 0 Å². The second-order valence-electron chi connectivity index (χ2n) is 6.10. The molecule has 6 heteroatoms. The van der Waals surface area contributed by atoms with E-state index >= 15 is 0 Å². The number of aliphatic hydroxyl groups excluding tert-OH is 1. The highest BCUT2D eigenvalue weighted by Crippen LogP contribution is 2.29. The van der Waals surface area contributed by atoms with E-state index < -0.39 is 6.10 Å². The summed E-state index contributed by atoms with van der Waals surface area (Å²) < 4.78 is 9.93. The van der Waals surface area contributed by atoms with Gasteiger partial charge in [-0.1, -0.05) is 18.2 Å². The van der Waals surface area contributed by atoms with Gasteiger partial charge in [0.1, 0.15) is 17.2 Å². The molecule has 3 N–H and O–H groups in total. The summed E-state index contributed by atoms with van der Waals surface area (Å²) in [6, 6.07) is 13.0. The molecule has 6 nitrogen and oxygen atoms in total. The van der Waals surface area contributed by atoms with Crippen LogP contribution in [0.15, 0.2) is 47.5 Å². The van der Waals surface area contributed by atoms with Crippen molar-refractivity contribution in [3.8, 4) is 11.5 Å². The van der Waals surface area contributed by atoms with Crippen LogP contribution < -0.4 is 10.1 Å². The van der Waals surface area contributed by atoms with E-state index in [4.69, 9.17) is 9.47 Å². The molecule has 140 valence electrons. The highest BCUT2D eigenvalue weighted by molar-refractivity contribution is 5.61. The van der Waals surface area contributed by atoms with Gasteiger partial charge in [-0.05, 0) is 48.7 Å². The molecule has 0 fully saturated rings. The van der Waals surface area contributed by atoms with E-state index in [-0.39, 0.29) is 11.8 Å². The minimum atomic E-state index is -0.703. The number of aromatic hydroxyl groups is 1. The number of aliphatic hydroxyl groups is 1. The number of benzene rings is 2. The minimum absolute atomic E-state index is 0.0371. The predicted octanol–water partition coefficient (Wildman–Crippen LogP) is 2.96. The fraction of sp³-hybridized carbons (Fsp3) is 0.350. The second-order valence-corrected chi connectivity index (χ2v) is 6.10. The van der Waals surface area contributed by atoms with E-state index in [0.717, 1.165) is 12.2 Å². The lowest BCUT2D eigenvalue weighted by molar-refractivity contribution is 0.170. The van der Waals surface area contributed by atoms with Crippen molar-refractivity contribution in [1.82, 2.24) is 5.32 Å². The molecule has 0 aromatic heterocycles. The number of phenols is 1. The molecule has 0 aliphatic heterocycles. The molecule has 0 radical (unpaired) electrons. The van der Waals surface area contributed by atoms with Gasteiger partial charge in [0.05, 0.1) is 20.3 Å². The van der Waals surface area contributed by atoms with Gasteiger partial charge in [0.2, 0.25) is 0 Å². The Kier molecular flexibility index (Phi) is 7.44. The second kappa shape index (κ2) is 9.79. The topological polar surface area (TPSA) is 83.3 Å². The first kappa shape index (κ1) is 19.8. The van der Waals surface area contributed by atoms with Crippen molar-refractivity contribution in [2.24, 2.45) is 4.99 Å². The van der Waals surface area contributed by atoms with E-state index in [1.807, 2.05) is 24.3 Å². The molecule has 0 aliphatic carbocycles. The van der Waals surface area contributed by atoms with Crippen molar-refractivity contribution in [2.45, 2.75) is 25.5 Å². The van der Waals surface area contributed by atoms with Gasteiger partial charge in [-0.15, -0.1) is 0 Å². The first-order chi connectivity index (χ1) is 12.5. The van der Waals surface area contributed by atoms with Gasteiger partial charge in [-0.3, -0.25) is 0 Å². The van der Waals surface area contributed by atoms with Crippen LogP contribution >= 0.6 is 0 Å². The summed E-state index contributed by atoms with van der Waals surface area (Å²) in [7, 11) is 3.13. The number of ether oxygens (including phenoxy) is 2. The number of nitrogens with zero attached hydrogens (tertiary/aromatic N) is 1. The average molecular weight is 358 g/mol. The molecule has 2 unspecified atom stereocenters. The fourth-order valence-electron chi connectivity index (χ4n) is 2.58. The SMILES string of the molecule is COC=Nc1cc(C(O)CNC(C)Cc2ccc(OC)cc2)ccc1O. The smallest absolute Gasteiger partial charge is 0.174 e. The normalized spacial score (nSPS) is 13.5. The lowest BCUT2D eigenvalue weighted by Gasteiger charge is -2.18. The third kappa shape index (κ3) is 5.75. The Morgan fingerprint density at radius 1 is 1.15 bits per heavy atom. The number of nitrogens with one attached hydrogen (secondary N) is 1. The number of rotatable bonds is 9. The monoisotopic (exact) mass is 358 g/mol. The van der Waals surface area contributed by atoms with Crippen molar-refractivity contribution >= 4 is 12.1 Å². The molecular formula is C20H26N2O4. The van der Waals surface area contributed by atoms with Crippen LogP contribution in [-0.2, 0) is 11.2 Å². The van der Waals surface area contributed by atoms with Gasteiger partial charge in [0.25, 0.3) is 0 Å². The summed E-state index contributed by atoms with van der Waals surface area (Å²) in [5.41, 5.74) is 2.23. The van der Waals surface area contributed by atoms with Crippen molar-refractivity contribution in [1.29, 1.82) is 0 Å². The number of hydrogen-bond donors (Lipinski definition) is 3. The molecule has 0 amide bonds. The van der Waals surface area contributed by atoms with Gasteiger partial charge >= 0.3 is 0 Å². The first-order valence-electron chi connectivity index (χ1n) is 8.46. The molecule has 0 bridgehead atoms. The van der Waals surface area contributed by atoms with Gasteiger partial charge in [-0.2, -0.15) is 0 Å². The van der Waals surface area contributed by atoms with E-state index in [9.17, 15) is 10.2 Å². The maximum absolute atomic E-state index is 10.4. The molecule has 0 aliphatic rings. The lowest BCUT2D eigenvalue weighted by Crippen LogP contribution is -2.32. The number of methoxy groups -OCH3 is 2. The molecule has 2 aromatic carbocycles. The summed E-state index contributed by atoms with van der Waals surface area (Å²) in [6.07, 6.45) is 1.38. The van der Waals surface area contributed by atoms with Gasteiger partial charge in [0.15, 0.2) is 6.40 Å². The van der Waals surface area contributed by atoms with Gasteiger partial charge < -0.3 is 25.0 Å². The summed E-state index contributed by atoms with van der Waals surface area (Å²) in [4.78, 5) is 3.99. The van der Waals surface area contributed by atoms with Crippen LogP contribution in [0.3, 0.4) is 0 Å². The third-order valence-corrected chi connectivity index (χ3v) is 4.04. The largest absolute Gasteiger partial charge is 0.506 e. The van der Waals surface area contributed by atoms with Gasteiger partial charge in [-0.25, -0.2) is 4.99 Å². The highest BCUT2D eigenvalue weighted by atomic mass is 16.5. The summed E-state index contributed by atoms with van der Waals surface area (Å²) >= 11 is 0. The van der Waals surface area contributed by atoms with Crippen LogP contribution in [0.4, 0.5) is 5.69 Å². The lowest BCUT2D eigenvalue weighted by atomic mass is 10.1. The molecule has 2 aromatic rings. The molecule has 2 atom stereocenters. The zero-order valence-electron chi connectivity index (χ0n) is 15.3. The number of aliphatic imine (C=N–C) groups is 1. The fourth-order valence-corrected chi connectivity index (χ4v) is 2.58. The molecule has 0 spiro atoms. The molecular weight excluding hydrogens is 332 g/mol. The van der Waals surface area contributed by atoms with Crippen LogP contribution in [-0.4, -0.2) is 43.4 Å². The zero-order valence-corrected chi connectivity index (χ0v) is 15.3. The summed E-state index contributed by atoms with van der Waals surface area (Å²) in [5.74, 6) is 0.874. The molecule has 0 heterocycles. The maximum atomic E-state index is 10.4. The predicted molar refractivity (Wildman–Crippen MR) is 102 cm³/mol. The van der Waals surface area contributed by atoms with Crippen molar-refractivity contribution in [3.63, 3.8) is 0 Å². The number of phenolic OH excluding ortho intramolecular Hbond substituents is 1. The zero-order chi connectivity index (χ0) is 18.9. The molecule has 2 rings (SSSR count). The minimum Gasteiger partial charge on any atom is -0.506 e. The van der Waals surface area contributed by atoms with E-state index in [1.165, 1.54) is 25.1 Å². The quantitative estimate of drug-likeness (QED) is 0.474. The molecule has 26 heavy (non-hydrogen) atoms. The number of hydrogen-bond acceptors (Lipinski definition) is 6. The van der Waals surface area contributed by atoms with Crippen LogP contribution in [0.5, 0.6) is 11.5 Å². The molecule has 0 saturated heterocycles. The Balaban J connectivity index is 1.90. The average Bonchev–Trinajstić information content (AvgIpc) is 2.66.